The van der Waals surface area contributed by atoms with E-state index in [4.69, 9.17) is 16.3 Å². The van der Waals surface area contributed by atoms with Gasteiger partial charge in [-0.1, -0.05) is 35.9 Å². The number of aryl methyl sites for hydroxylation is 2. The van der Waals surface area contributed by atoms with E-state index < -0.39 is 0 Å². The van der Waals surface area contributed by atoms with Gasteiger partial charge in [0.2, 0.25) is 0 Å². The molecule has 0 saturated carbocycles. The molecular formula is C21H22ClN3O2. The van der Waals surface area contributed by atoms with Crippen LogP contribution < -0.4 is 10.1 Å². The van der Waals surface area contributed by atoms with Crippen LogP contribution in [0.15, 0.2) is 54.9 Å². The van der Waals surface area contributed by atoms with Gasteiger partial charge < -0.3 is 10.1 Å². The fraction of sp³-hybridized carbons (Fsp3) is 0.238. The number of aromatic nitrogens is 2. The zero-order valence-electron chi connectivity index (χ0n) is 15.4. The Bertz CT molecular complexity index is 937. The van der Waals surface area contributed by atoms with Gasteiger partial charge in [-0.3, -0.25) is 9.48 Å². The van der Waals surface area contributed by atoms with Crippen molar-refractivity contribution in [3.63, 3.8) is 0 Å². The number of hydrogen-bond acceptors (Lipinski definition) is 3. The molecule has 3 aromatic rings. The molecule has 1 aromatic heterocycles. The van der Waals surface area contributed by atoms with E-state index in [-0.39, 0.29) is 5.91 Å². The summed E-state index contributed by atoms with van der Waals surface area (Å²) < 4.78 is 7.62. The average molecular weight is 384 g/mol. The zero-order valence-corrected chi connectivity index (χ0v) is 16.2. The molecule has 0 aliphatic heterocycles. The highest BCUT2D eigenvalue weighted by Crippen LogP contribution is 2.20. The molecule has 0 aliphatic carbocycles. The molecule has 6 heteroatoms. The molecule has 1 heterocycles. The van der Waals surface area contributed by atoms with E-state index in [9.17, 15) is 4.79 Å². The van der Waals surface area contributed by atoms with Crippen LogP contribution in [0.1, 0.15) is 27.0 Å². The zero-order chi connectivity index (χ0) is 19.2. The van der Waals surface area contributed by atoms with Crippen molar-refractivity contribution in [2.24, 2.45) is 0 Å². The third kappa shape index (κ3) is 5.34. The molecule has 5 nitrogen and oxygen atoms in total. The Hall–Kier alpha value is -2.79. The maximum absolute atomic E-state index is 12.4. The van der Waals surface area contributed by atoms with Crippen LogP contribution in [0.25, 0.3) is 0 Å². The van der Waals surface area contributed by atoms with E-state index in [0.717, 1.165) is 22.4 Å². The summed E-state index contributed by atoms with van der Waals surface area (Å²) in [5.74, 6) is 0.740. The number of hydrogen-bond donors (Lipinski definition) is 1. The molecule has 0 saturated heterocycles. The van der Waals surface area contributed by atoms with Gasteiger partial charge in [0.1, 0.15) is 12.4 Å². The third-order valence-corrected chi connectivity index (χ3v) is 4.35. The Morgan fingerprint density at radius 1 is 1.22 bits per heavy atom. The molecule has 0 bridgehead atoms. The molecule has 1 amide bonds. The van der Waals surface area contributed by atoms with Gasteiger partial charge in [-0.2, -0.15) is 5.10 Å². The fourth-order valence-electron chi connectivity index (χ4n) is 2.67. The molecule has 1 N–H and O–H groups in total. The topological polar surface area (TPSA) is 56.1 Å². The highest BCUT2D eigenvalue weighted by Gasteiger charge is 2.07. The van der Waals surface area contributed by atoms with E-state index in [2.05, 4.69) is 16.5 Å². The summed E-state index contributed by atoms with van der Waals surface area (Å²) in [7, 11) is 0. The largest absolute Gasteiger partial charge is 0.489 e. The first kappa shape index (κ1) is 19.0. The van der Waals surface area contributed by atoms with Crippen LogP contribution in [0, 0.1) is 13.8 Å². The smallest absolute Gasteiger partial charge is 0.251 e. The van der Waals surface area contributed by atoms with Crippen molar-refractivity contribution in [3.8, 4) is 5.75 Å². The van der Waals surface area contributed by atoms with Gasteiger partial charge in [0.15, 0.2) is 0 Å². The van der Waals surface area contributed by atoms with Crippen LogP contribution in [0.4, 0.5) is 0 Å². The van der Waals surface area contributed by atoms with Gasteiger partial charge in [0, 0.05) is 18.3 Å². The van der Waals surface area contributed by atoms with E-state index in [0.29, 0.717) is 30.3 Å². The van der Waals surface area contributed by atoms with Crippen LogP contribution in [0.5, 0.6) is 5.75 Å². The number of carbonyl (C=O) groups excluding carboxylic acids is 1. The number of amides is 1. The first-order chi connectivity index (χ1) is 13.0. The van der Waals surface area contributed by atoms with E-state index in [1.807, 2.05) is 44.2 Å². The summed E-state index contributed by atoms with van der Waals surface area (Å²) in [4.78, 5) is 12.4. The van der Waals surface area contributed by atoms with Crippen LogP contribution in [-0.4, -0.2) is 22.2 Å². The van der Waals surface area contributed by atoms with Crippen molar-refractivity contribution in [3.05, 3.63) is 82.1 Å². The van der Waals surface area contributed by atoms with Gasteiger partial charge in [0.05, 0.1) is 17.8 Å². The first-order valence-electron chi connectivity index (χ1n) is 8.76. The average Bonchev–Trinajstić information content (AvgIpc) is 3.08. The molecule has 0 radical (unpaired) electrons. The minimum Gasteiger partial charge on any atom is -0.489 e. The van der Waals surface area contributed by atoms with E-state index >= 15 is 0 Å². The molecule has 27 heavy (non-hydrogen) atoms. The fourth-order valence-corrected chi connectivity index (χ4v) is 2.83. The van der Waals surface area contributed by atoms with Gasteiger partial charge in [-0.15, -0.1) is 0 Å². The summed E-state index contributed by atoms with van der Waals surface area (Å²) >= 11 is 5.82. The first-order valence-corrected chi connectivity index (χ1v) is 9.14. The highest BCUT2D eigenvalue weighted by atomic mass is 35.5. The minimum atomic E-state index is -0.123. The number of halogens is 1. The molecule has 0 fully saturated rings. The second-order valence-corrected chi connectivity index (χ2v) is 6.87. The van der Waals surface area contributed by atoms with E-state index in [1.54, 1.807) is 23.1 Å². The Morgan fingerprint density at radius 3 is 2.85 bits per heavy atom. The molecule has 0 spiro atoms. The van der Waals surface area contributed by atoms with Crippen LogP contribution in [0.2, 0.25) is 5.02 Å². The third-order valence-electron chi connectivity index (χ3n) is 4.16. The summed E-state index contributed by atoms with van der Waals surface area (Å²) in [6, 6.07) is 13.6. The molecule has 0 aliphatic rings. The maximum Gasteiger partial charge on any atom is 0.251 e. The van der Waals surface area contributed by atoms with Gasteiger partial charge in [-0.05, 0) is 48.7 Å². The SMILES string of the molecule is Cc1ccc(C)c(OCc2cccc(C(=O)NCCn3cc(Cl)cn3)c2)c1. The molecule has 3 rings (SSSR count). The minimum absolute atomic E-state index is 0.123. The Balaban J connectivity index is 1.56. The Morgan fingerprint density at radius 2 is 2.07 bits per heavy atom. The quantitative estimate of drug-likeness (QED) is 0.666. The molecule has 0 unspecified atom stereocenters. The van der Waals surface area contributed by atoms with Crippen LogP contribution in [0.3, 0.4) is 0 Å². The van der Waals surface area contributed by atoms with Gasteiger partial charge >= 0.3 is 0 Å². The molecular weight excluding hydrogens is 362 g/mol. The van der Waals surface area contributed by atoms with Crippen LogP contribution in [-0.2, 0) is 13.2 Å². The summed E-state index contributed by atoms with van der Waals surface area (Å²) in [5.41, 5.74) is 3.80. The second-order valence-electron chi connectivity index (χ2n) is 6.44. The van der Waals surface area contributed by atoms with Crippen molar-refractivity contribution in [1.29, 1.82) is 0 Å². The Kier molecular flexibility index (Phi) is 6.14. The van der Waals surface area contributed by atoms with Crippen LogP contribution >= 0.6 is 11.6 Å². The number of benzene rings is 2. The standard InChI is InChI=1S/C21H22ClN3O2/c1-15-6-7-16(2)20(10-15)27-14-17-4-3-5-18(11-17)21(26)23-8-9-25-13-19(22)12-24-25/h3-7,10-13H,8-9,14H2,1-2H3,(H,23,26). The summed E-state index contributed by atoms with van der Waals surface area (Å²) in [6.07, 6.45) is 3.29. The predicted octanol–water partition coefficient (Wildman–Crippen LogP) is 4.16. The molecule has 0 atom stereocenters. The maximum atomic E-state index is 12.4. The number of rotatable bonds is 7. The van der Waals surface area contributed by atoms with Crippen molar-refractivity contribution in [1.82, 2.24) is 15.1 Å². The summed E-state index contributed by atoms with van der Waals surface area (Å²) in [5, 5.41) is 7.55. The van der Waals surface area contributed by atoms with Crippen molar-refractivity contribution >= 4 is 17.5 Å². The molecule has 140 valence electrons. The second kappa shape index (κ2) is 8.73. The number of nitrogens with zero attached hydrogens (tertiary/aromatic N) is 2. The van der Waals surface area contributed by atoms with E-state index in [1.165, 1.54) is 0 Å². The normalized spacial score (nSPS) is 10.6. The highest BCUT2D eigenvalue weighted by molar-refractivity contribution is 6.30. The van der Waals surface area contributed by atoms with Crippen molar-refractivity contribution < 1.29 is 9.53 Å². The Labute approximate surface area is 163 Å². The lowest BCUT2D eigenvalue weighted by atomic mass is 10.1. The summed E-state index contributed by atoms with van der Waals surface area (Å²) in [6.45, 7) is 5.50. The van der Waals surface area contributed by atoms with Gasteiger partial charge in [-0.25, -0.2) is 0 Å². The lowest BCUT2D eigenvalue weighted by Crippen LogP contribution is -2.27. The predicted molar refractivity (Wildman–Crippen MR) is 106 cm³/mol. The van der Waals surface area contributed by atoms with Crippen molar-refractivity contribution in [2.75, 3.05) is 6.54 Å². The van der Waals surface area contributed by atoms with Gasteiger partial charge in [0.25, 0.3) is 5.91 Å². The number of carbonyl (C=O) groups is 1. The molecule has 2 aromatic carbocycles. The lowest BCUT2D eigenvalue weighted by molar-refractivity contribution is 0.0951. The lowest BCUT2D eigenvalue weighted by Gasteiger charge is -2.11. The number of nitrogens with one attached hydrogen (secondary N) is 1. The van der Waals surface area contributed by atoms with Crippen molar-refractivity contribution in [2.45, 2.75) is 27.0 Å². The number of ether oxygens (including phenoxy) is 1. The monoisotopic (exact) mass is 383 g/mol.